The van der Waals surface area contributed by atoms with E-state index in [-0.39, 0.29) is 0 Å². The van der Waals surface area contributed by atoms with E-state index in [4.69, 9.17) is 4.42 Å². The highest BCUT2D eigenvalue weighted by atomic mass is 16.3. The maximum Gasteiger partial charge on any atom is 0.118 e. The highest BCUT2D eigenvalue weighted by molar-refractivity contribution is 5.07. The first kappa shape index (κ1) is 15.3. The monoisotopic (exact) mass is 252 g/mol. The first-order valence-corrected chi connectivity index (χ1v) is 7.05. The van der Waals surface area contributed by atoms with Crippen LogP contribution in [0.3, 0.4) is 0 Å². The van der Waals surface area contributed by atoms with Crippen LogP contribution >= 0.6 is 0 Å². The Bertz CT molecular complexity index is 331. The molecule has 0 spiro atoms. The lowest BCUT2D eigenvalue weighted by Gasteiger charge is -2.23. The van der Waals surface area contributed by atoms with E-state index in [1.807, 2.05) is 0 Å². The Hall–Kier alpha value is -0.800. The Balaban J connectivity index is 2.42. The zero-order chi connectivity index (χ0) is 13.5. The number of hydrogen-bond acceptors (Lipinski definition) is 3. The third-order valence-corrected chi connectivity index (χ3v) is 3.06. The van der Waals surface area contributed by atoms with Crippen molar-refractivity contribution in [1.82, 2.24) is 10.2 Å². The van der Waals surface area contributed by atoms with E-state index < -0.39 is 0 Å². The Morgan fingerprint density at radius 2 is 1.83 bits per heavy atom. The highest BCUT2D eigenvalue weighted by Crippen LogP contribution is 2.12. The Kier molecular flexibility index (Phi) is 6.44. The second-order valence-corrected chi connectivity index (χ2v) is 5.55. The van der Waals surface area contributed by atoms with Crippen LogP contribution in [0.2, 0.25) is 0 Å². The molecule has 0 bridgehead atoms. The van der Waals surface area contributed by atoms with E-state index >= 15 is 0 Å². The van der Waals surface area contributed by atoms with Gasteiger partial charge in [-0.25, -0.2) is 0 Å². The van der Waals surface area contributed by atoms with Gasteiger partial charge in [-0.3, -0.25) is 4.90 Å². The Labute approximate surface area is 112 Å². The van der Waals surface area contributed by atoms with Crippen molar-refractivity contribution >= 4 is 0 Å². The quantitative estimate of drug-likeness (QED) is 0.770. The second-order valence-electron chi connectivity index (χ2n) is 5.55. The lowest BCUT2D eigenvalue weighted by Crippen LogP contribution is -2.29. The molecule has 3 heteroatoms. The van der Waals surface area contributed by atoms with Crippen molar-refractivity contribution in [2.45, 2.75) is 53.8 Å². The fraction of sp³-hybridized carbons (Fsp3) is 0.733. The SMILES string of the molecule is CCN(Cc1ccc(CNCC(C)C)o1)C(C)C. The van der Waals surface area contributed by atoms with E-state index in [1.54, 1.807) is 0 Å². The molecule has 0 unspecified atom stereocenters. The summed E-state index contributed by atoms with van der Waals surface area (Å²) in [6, 6.07) is 4.73. The van der Waals surface area contributed by atoms with Crippen LogP contribution in [-0.2, 0) is 13.1 Å². The van der Waals surface area contributed by atoms with Crippen molar-refractivity contribution in [2.24, 2.45) is 5.92 Å². The summed E-state index contributed by atoms with van der Waals surface area (Å²) in [4.78, 5) is 2.39. The molecule has 1 rings (SSSR count). The minimum atomic E-state index is 0.558. The van der Waals surface area contributed by atoms with Gasteiger partial charge in [0.25, 0.3) is 0 Å². The van der Waals surface area contributed by atoms with Crippen LogP contribution in [0.5, 0.6) is 0 Å². The summed E-state index contributed by atoms with van der Waals surface area (Å²) in [6.45, 7) is 14.9. The first-order chi connectivity index (χ1) is 8.52. The average molecular weight is 252 g/mol. The smallest absolute Gasteiger partial charge is 0.118 e. The van der Waals surface area contributed by atoms with Crippen LogP contribution in [0.25, 0.3) is 0 Å². The fourth-order valence-electron chi connectivity index (χ4n) is 1.95. The number of rotatable bonds is 8. The molecule has 0 aromatic carbocycles. The summed E-state index contributed by atoms with van der Waals surface area (Å²) in [5.74, 6) is 2.77. The minimum Gasteiger partial charge on any atom is -0.463 e. The van der Waals surface area contributed by atoms with Crippen LogP contribution in [0.1, 0.15) is 46.1 Å². The molecule has 1 heterocycles. The van der Waals surface area contributed by atoms with Crippen LogP contribution in [0.4, 0.5) is 0 Å². The lowest BCUT2D eigenvalue weighted by molar-refractivity contribution is 0.205. The average Bonchev–Trinajstić information content (AvgIpc) is 2.72. The number of nitrogens with zero attached hydrogens (tertiary/aromatic N) is 1. The van der Waals surface area contributed by atoms with Crippen LogP contribution in [-0.4, -0.2) is 24.0 Å². The van der Waals surface area contributed by atoms with E-state index in [1.165, 1.54) is 0 Å². The standard InChI is InChI=1S/C15H28N2O/c1-6-17(13(4)5)11-15-8-7-14(18-15)10-16-9-12(2)3/h7-8,12-13,16H,6,9-11H2,1-5H3. The van der Waals surface area contributed by atoms with Crippen molar-refractivity contribution in [3.05, 3.63) is 23.7 Å². The molecule has 1 aromatic rings. The summed E-state index contributed by atoms with van der Waals surface area (Å²) in [5.41, 5.74) is 0. The molecule has 104 valence electrons. The zero-order valence-electron chi connectivity index (χ0n) is 12.5. The van der Waals surface area contributed by atoms with Crippen molar-refractivity contribution in [3.8, 4) is 0 Å². The molecule has 3 nitrogen and oxygen atoms in total. The van der Waals surface area contributed by atoms with Crippen molar-refractivity contribution < 1.29 is 4.42 Å². The Morgan fingerprint density at radius 1 is 1.17 bits per heavy atom. The molecule has 0 atom stereocenters. The molecule has 0 amide bonds. The zero-order valence-corrected chi connectivity index (χ0v) is 12.5. The maximum atomic E-state index is 5.84. The fourth-order valence-corrected chi connectivity index (χ4v) is 1.95. The van der Waals surface area contributed by atoms with Gasteiger partial charge < -0.3 is 9.73 Å². The van der Waals surface area contributed by atoms with Gasteiger partial charge in [0, 0.05) is 6.04 Å². The molecular weight excluding hydrogens is 224 g/mol. The lowest BCUT2D eigenvalue weighted by atomic mass is 10.2. The molecular formula is C15H28N2O. The molecule has 0 aliphatic heterocycles. The molecule has 0 saturated heterocycles. The van der Waals surface area contributed by atoms with Crippen LogP contribution in [0.15, 0.2) is 16.5 Å². The number of hydrogen-bond donors (Lipinski definition) is 1. The summed E-state index contributed by atoms with van der Waals surface area (Å²) in [7, 11) is 0. The van der Waals surface area contributed by atoms with Crippen molar-refractivity contribution in [1.29, 1.82) is 0 Å². The van der Waals surface area contributed by atoms with E-state index in [0.29, 0.717) is 12.0 Å². The van der Waals surface area contributed by atoms with Gasteiger partial charge in [-0.15, -0.1) is 0 Å². The maximum absolute atomic E-state index is 5.84. The van der Waals surface area contributed by atoms with Gasteiger partial charge in [0.15, 0.2) is 0 Å². The largest absolute Gasteiger partial charge is 0.463 e. The molecule has 0 aliphatic rings. The molecule has 0 aliphatic carbocycles. The molecule has 0 radical (unpaired) electrons. The third-order valence-electron chi connectivity index (χ3n) is 3.06. The molecule has 1 N–H and O–H groups in total. The number of nitrogens with one attached hydrogen (secondary N) is 1. The third kappa shape index (κ3) is 5.23. The summed E-state index contributed by atoms with van der Waals surface area (Å²) >= 11 is 0. The topological polar surface area (TPSA) is 28.4 Å². The van der Waals surface area contributed by atoms with Gasteiger partial charge >= 0.3 is 0 Å². The van der Waals surface area contributed by atoms with Gasteiger partial charge in [0.2, 0.25) is 0 Å². The van der Waals surface area contributed by atoms with E-state index in [2.05, 4.69) is 57.0 Å². The molecule has 0 fully saturated rings. The molecule has 18 heavy (non-hydrogen) atoms. The molecule has 0 saturated carbocycles. The Morgan fingerprint density at radius 3 is 2.39 bits per heavy atom. The molecule has 1 aromatic heterocycles. The van der Waals surface area contributed by atoms with Gasteiger partial charge in [0.05, 0.1) is 13.1 Å². The van der Waals surface area contributed by atoms with Crippen LogP contribution < -0.4 is 5.32 Å². The van der Waals surface area contributed by atoms with Crippen LogP contribution in [0, 0.1) is 5.92 Å². The minimum absolute atomic E-state index is 0.558. The van der Waals surface area contributed by atoms with Gasteiger partial charge in [0.1, 0.15) is 11.5 Å². The van der Waals surface area contributed by atoms with Crippen molar-refractivity contribution in [3.63, 3.8) is 0 Å². The van der Waals surface area contributed by atoms with Gasteiger partial charge in [-0.05, 0) is 45.0 Å². The normalized spacial score (nSPS) is 12.0. The summed E-state index contributed by atoms with van der Waals surface area (Å²) in [5, 5.41) is 3.40. The van der Waals surface area contributed by atoms with Crippen molar-refractivity contribution in [2.75, 3.05) is 13.1 Å². The summed E-state index contributed by atoms with van der Waals surface area (Å²) < 4.78 is 5.84. The van der Waals surface area contributed by atoms with Gasteiger partial charge in [-0.2, -0.15) is 0 Å². The predicted octanol–water partition coefficient (Wildman–Crippen LogP) is 3.26. The number of furan rings is 1. The summed E-state index contributed by atoms with van der Waals surface area (Å²) in [6.07, 6.45) is 0. The van der Waals surface area contributed by atoms with E-state index in [0.717, 1.165) is 37.7 Å². The second kappa shape index (κ2) is 7.59. The van der Waals surface area contributed by atoms with Gasteiger partial charge in [-0.1, -0.05) is 20.8 Å². The van der Waals surface area contributed by atoms with E-state index in [9.17, 15) is 0 Å². The first-order valence-electron chi connectivity index (χ1n) is 7.05. The predicted molar refractivity (Wildman–Crippen MR) is 76.5 cm³/mol. The highest BCUT2D eigenvalue weighted by Gasteiger charge is 2.10.